The van der Waals surface area contributed by atoms with E-state index >= 15 is 0 Å². The highest BCUT2D eigenvalue weighted by atomic mass is 19.4. The molecule has 2 fully saturated rings. The molecule has 2 heterocycles. The molecule has 1 aromatic carbocycles. The lowest BCUT2D eigenvalue weighted by molar-refractivity contribution is -0.137. The molecule has 4 N–H and O–H groups in total. The minimum Gasteiger partial charge on any atom is -0.483 e. The number of nitrogen functional groups attached to an aromatic ring is 1. The van der Waals surface area contributed by atoms with Crippen LogP contribution in [0.2, 0.25) is 0 Å². The van der Waals surface area contributed by atoms with Crippen LogP contribution >= 0.6 is 0 Å². The summed E-state index contributed by atoms with van der Waals surface area (Å²) >= 11 is 0. The van der Waals surface area contributed by atoms with Crippen LogP contribution in [0.15, 0.2) is 24.3 Å². The van der Waals surface area contributed by atoms with Crippen LogP contribution in [0, 0.1) is 5.41 Å². The molecule has 32 heavy (non-hydrogen) atoms. The molecule has 1 aromatic heterocycles. The number of likely N-dealkylation sites (tertiary alicyclic amines) is 1. The molecule has 0 radical (unpaired) electrons. The van der Waals surface area contributed by atoms with Gasteiger partial charge < -0.3 is 16.2 Å². The number of halogens is 3. The number of hydrogen-bond donors (Lipinski definition) is 3. The highest BCUT2D eigenvalue weighted by molar-refractivity contribution is 5.76. The van der Waals surface area contributed by atoms with Crippen LogP contribution in [0.3, 0.4) is 0 Å². The van der Waals surface area contributed by atoms with Gasteiger partial charge in [0.2, 0.25) is 11.9 Å². The zero-order valence-corrected chi connectivity index (χ0v) is 17.1. The molecule has 174 valence electrons. The Balaban J connectivity index is 0.000000913. The lowest BCUT2D eigenvalue weighted by atomic mass is 9.92. The van der Waals surface area contributed by atoms with E-state index in [-0.39, 0.29) is 36.3 Å². The maximum absolute atomic E-state index is 12.9. The average Bonchev–Trinajstić information content (AvgIpc) is 3.22. The van der Waals surface area contributed by atoms with Gasteiger partial charge >= 0.3 is 6.18 Å². The topological polar surface area (TPSA) is 139 Å². The molecular weight excluding hydrogens is 431 g/mol. The second-order valence-electron chi connectivity index (χ2n) is 7.96. The first-order valence-electron chi connectivity index (χ1n) is 9.94. The molecular formula is C19H24F3N7O3. The molecule has 1 amide bonds. The minimum atomic E-state index is -4.33. The number of nitrogens with one attached hydrogen (secondary N) is 1. The number of anilines is 1. The van der Waals surface area contributed by atoms with Gasteiger partial charge in [0, 0.05) is 12.6 Å². The quantitative estimate of drug-likeness (QED) is 0.571. The van der Waals surface area contributed by atoms with E-state index in [1.54, 1.807) is 6.07 Å². The van der Waals surface area contributed by atoms with Crippen molar-refractivity contribution in [1.82, 2.24) is 30.4 Å². The van der Waals surface area contributed by atoms with Gasteiger partial charge in [-0.25, -0.2) is 4.68 Å². The molecule has 4 rings (SSSR count). The molecule has 1 saturated heterocycles. The number of tetrazole rings is 1. The molecule has 2 aromatic rings. The Morgan fingerprint density at radius 2 is 2.03 bits per heavy atom. The van der Waals surface area contributed by atoms with Gasteiger partial charge in [-0.2, -0.15) is 13.2 Å². The predicted octanol–water partition coefficient (Wildman–Crippen LogP) is 1.15. The third-order valence-electron chi connectivity index (χ3n) is 5.89. The average molecular weight is 455 g/mol. The molecule has 1 spiro atoms. The number of carbonyl (C=O) groups excluding carboxylic acids is 1. The molecule has 1 unspecified atom stereocenters. The van der Waals surface area contributed by atoms with E-state index in [1.165, 1.54) is 16.8 Å². The number of hydrogen-bond acceptors (Lipinski definition) is 7. The summed E-state index contributed by atoms with van der Waals surface area (Å²) in [5, 5.41) is 20.5. The fraction of sp³-hybridized carbons (Fsp3) is 0.526. The van der Waals surface area contributed by atoms with Gasteiger partial charge in [-0.1, -0.05) is 23.3 Å². The van der Waals surface area contributed by atoms with Crippen LogP contribution in [-0.2, 0) is 28.9 Å². The van der Waals surface area contributed by atoms with Crippen LogP contribution in [0.4, 0.5) is 19.1 Å². The second kappa shape index (κ2) is 9.51. The first kappa shape index (κ1) is 23.4. The van der Waals surface area contributed by atoms with E-state index in [9.17, 15) is 18.0 Å². The largest absolute Gasteiger partial charge is 0.483 e. The van der Waals surface area contributed by atoms with Crippen molar-refractivity contribution in [3.8, 4) is 0 Å². The van der Waals surface area contributed by atoms with Crippen LogP contribution in [0.5, 0.6) is 0 Å². The highest BCUT2D eigenvalue weighted by Crippen LogP contribution is 2.54. The number of benzene rings is 1. The molecule has 10 nitrogen and oxygen atoms in total. The van der Waals surface area contributed by atoms with E-state index in [2.05, 4.69) is 25.7 Å². The molecule has 1 aliphatic carbocycles. The Kier molecular flexibility index (Phi) is 6.96. The number of amides is 1. The highest BCUT2D eigenvalue weighted by Gasteiger charge is 2.55. The van der Waals surface area contributed by atoms with Crippen molar-refractivity contribution in [3.63, 3.8) is 0 Å². The Labute approximate surface area is 181 Å². The fourth-order valence-corrected chi connectivity index (χ4v) is 4.07. The first-order valence-corrected chi connectivity index (χ1v) is 9.94. The van der Waals surface area contributed by atoms with Crippen molar-refractivity contribution in [2.24, 2.45) is 5.41 Å². The summed E-state index contributed by atoms with van der Waals surface area (Å²) in [5.74, 6) is -0.0918. The molecule has 0 bridgehead atoms. The van der Waals surface area contributed by atoms with Crippen molar-refractivity contribution in [2.45, 2.75) is 44.6 Å². The maximum atomic E-state index is 12.9. The van der Waals surface area contributed by atoms with Crippen LogP contribution in [0.25, 0.3) is 0 Å². The minimum absolute atomic E-state index is 0.0207. The SMILES string of the molecule is Nc1nnnn1CC(=O)NC1CC12CCN(Cc1cccc(C(F)(F)F)c1)CC2.O=CO. The number of aromatic nitrogens is 4. The Morgan fingerprint density at radius 1 is 1.34 bits per heavy atom. The third-order valence-corrected chi connectivity index (χ3v) is 5.89. The molecule has 2 aliphatic rings. The lowest BCUT2D eigenvalue weighted by Gasteiger charge is -2.33. The fourth-order valence-electron chi connectivity index (χ4n) is 4.07. The van der Waals surface area contributed by atoms with E-state index < -0.39 is 11.7 Å². The summed E-state index contributed by atoms with van der Waals surface area (Å²) in [7, 11) is 0. The smallest absolute Gasteiger partial charge is 0.416 e. The summed E-state index contributed by atoms with van der Waals surface area (Å²) < 4.78 is 39.9. The lowest BCUT2D eigenvalue weighted by Crippen LogP contribution is -2.39. The van der Waals surface area contributed by atoms with Crippen LogP contribution in [-0.4, -0.2) is 61.7 Å². The first-order chi connectivity index (χ1) is 15.2. The third kappa shape index (κ3) is 5.72. The van der Waals surface area contributed by atoms with Crippen LogP contribution in [0.1, 0.15) is 30.4 Å². The summed E-state index contributed by atoms with van der Waals surface area (Å²) in [4.78, 5) is 22.7. The predicted molar refractivity (Wildman–Crippen MR) is 106 cm³/mol. The molecule has 13 heteroatoms. The summed E-state index contributed by atoms with van der Waals surface area (Å²) in [6.07, 6.45) is -1.59. The Hall–Kier alpha value is -3.22. The van der Waals surface area contributed by atoms with Gasteiger partial charge in [0.05, 0.1) is 5.56 Å². The van der Waals surface area contributed by atoms with Crippen molar-refractivity contribution < 1.29 is 27.9 Å². The zero-order valence-electron chi connectivity index (χ0n) is 17.1. The second-order valence-corrected chi connectivity index (χ2v) is 7.96. The number of carboxylic acid groups (broad SMARTS) is 1. The van der Waals surface area contributed by atoms with Gasteiger partial charge in [-0.3, -0.25) is 14.5 Å². The molecule has 1 atom stereocenters. The summed E-state index contributed by atoms with van der Waals surface area (Å²) in [5.41, 5.74) is 5.70. The van der Waals surface area contributed by atoms with Crippen molar-refractivity contribution in [3.05, 3.63) is 35.4 Å². The number of alkyl halides is 3. The Morgan fingerprint density at radius 3 is 2.62 bits per heavy atom. The summed E-state index contributed by atoms with van der Waals surface area (Å²) in [6, 6.07) is 5.60. The van der Waals surface area contributed by atoms with Gasteiger partial charge in [0.1, 0.15) is 6.54 Å². The van der Waals surface area contributed by atoms with E-state index in [0.29, 0.717) is 12.1 Å². The van der Waals surface area contributed by atoms with Crippen molar-refractivity contribution in [2.75, 3.05) is 18.8 Å². The standard InChI is InChI=1S/C18H22F3N7O.CH2O2/c19-18(20,21)13-3-1-2-12(8-13)10-27-6-4-17(5-7-27)9-14(17)23-15(29)11-28-16(22)24-25-26-28;2-1-3/h1-3,8,14H,4-7,9-11H2,(H,23,29)(H2,22,24,26);1H,(H,2,3). The van der Waals surface area contributed by atoms with E-state index in [0.717, 1.165) is 38.4 Å². The monoisotopic (exact) mass is 455 g/mol. The maximum Gasteiger partial charge on any atom is 0.416 e. The number of rotatable bonds is 5. The van der Waals surface area contributed by atoms with E-state index in [1.807, 2.05) is 0 Å². The number of piperidine rings is 1. The number of nitrogens with zero attached hydrogens (tertiary/aromatic N) is 5. The summed E-state index contributed by atoms with van der Waals surface area (Å²) in [6.45, 7) is 1.81. The van der Waals surface area contributed by atoms with E-state index in [4.69, 9.17) is 15.6 Å². The normalized spacial score (nSPS) is 19.7. The number of carbonyl (C=O) groups is 2. The van der Waals surface area contributed by atoms with Crippen molar-refractivity contribution in [1.29, 1.82) is 0 Å². The van der Waals surface area contributed by atoms with Gasteiger partial charge in [0.25, 0.3) is 6.47 Å². The van der Waals surface area contributed by atoms with Gasteiger partial charge in [-0.05, 0) is 59.8 Å². The number of nitrogens with two attached hydrogens (primary N) is 1. The Bertz CT molecular complexity index is 942. The zero-order chi connectivity index (χ0) is 23.4. The van der Waals surface area contributed by atoms with Crippen LogP contribution < -0.4 is 11.1 Å². The van der Waals surface area contributed by atoms with Gasteiger partial charge in [-0.15, -0.1) is 0 Å². The molecule has 1 aliphatic heterocycles. The molecule has 1 saturated carbocycles. The van der Waals surface area contributed by atoms with Gasteiger partial charge in [0.15, 0.2) is 0 Å². The van der Waals surface area contributed by atoms with Crippen molar-refractivity contribution >= 4 is 18.3 Å².